The lowest BCUT2D eigenvalue weighted by Crippen LogP contribution is -2.41. The molecule has 2 aliphatic rings. The van der Waals surface area contributed by atoms with Crippen LogP contribution in [0.4, 0.5) is 5.82 Å². The van der Waals surface area contributed by atoms with Crippen LogP contribution in [-0.4, -0.2) is 34.6 Å². The summed E-state index contributed by atoms with van der Waals surface area (Å²) >= 11 is 8.33. The molecule has 0 amide bonds. The largest absolute Gasteiger partial charge is 0.354 e. The molecule has 20 heavy (non-hydrogen) atoms. The average Bonchev–Trinajstić information content (AvgIpc) is 3.20. The maximum absolute atomic E-state index is 6.27. The summed E-state index contributed by atoms with van der Waals surface area (Å²) in [5.41, 5.74) is 0.981. The van der Waals surface area contributed by atoms with Gasteiger partial charge in [0.1, 0.15) is 5.82 Å². The Morgan fingerprint density at radius 2 is 2.00 bits per heavy atom. The van der Waals surface area contributed by atoms with Crippen molar-refractivity contribution < 1.29 is 0 Å². The molecular formula is C15H22ClN3S. The third kappa shape index (κ3) is 3.60. The fourth-order valence-corrected chi connectivity index (χ4v) is 4.16. The predicted octanol–water partition coefficient (Wildman–Crippen LogP) is 3.32. The molecule has 1 aromatic heterocycles. The summed E-state index contributed by atoms with van der Waals surface area (Å²) in [4.78, 5) is 7.18. The minimum Gasteiger partial charge on any atom is -0.354 e. The summed E-state index contributed by atoms with van der Waals surface area (Å²) in [6.07, 6.45) is 2.57. The van der Waals surface area contributed by atoms with Crippen LogP contribution >= 0.6 is 23.4 Å². The molecule has 5 heteroatoms. The number of aromatic nitrogens is 1. The Hall–Kier alpha value is -0.450. The van der Waals surface area contributed by atoms with E-state index in [1.165, 1.54) is 12.8 Å². The van der Waals surface area contributed by atoms with Gasteiger partial charge in [-0.25, -0.2) is 4.98 Å². The van der Waals surface area contributed by atoms with E-state index in [1.54, 1.807) is 0 Å². The number of pyridine rings is 1. The number of hydrogen-bond donors (Lipinski definition) is 1. The molecule has 1 saturated heterocycles. The van der Waals surface area contributed by atoms with Crippen LogP contribution in [0.25, 0.3) is 0 Å². The smallest absolute Gasteiger partial charge is 0.129 e. The number of nitrogens with zero attached hydrogens (tertiary/aromatic N) is 2. The SMILES string of the molecule is CC1CN(c2ccc(Cl)c(CNC3CC3)n2)CC(C)S1. The summed E-state index contributed by atoms with van der Waals surface area (Å²) in [7, 11) is 0. The van der Waals surface area contributed by atoms with Crippen LogP contribution in [0.5, 0.6) is 0 Å². The van der Waals surface area contributed by atoms with Crippen molar-refractivity contribution in [2.45, 2.75) is 49.8 Å². The molecule has 0 bridgehead atoms. The van der Waals surface area contributed by atoms with Crippen LogP contribution in [-0.2, 0) is 6.54 Å². The third-order valence-corrected chi connectivity index (χ3v) is 5.35. The van der Waals surface area contributed by atoms with Gasteiger partial charge in [0, 0.05) is 36.2 Å². The van der Waals surface area contributed by atoms with Crippen LogP contribution in [0.3, 0.4) is 0 Å². The zero-order valence-corrected chi connectivity index (χ0v) is 13.7. The molecule has 0 spiro atoms. The molecule has 1 N–H and O–H groups in total. The van der Waals surface area contributed by atoms with Crippen molar-refractivity contribution in [3.8, 4) is 0 Å². The van der Waals surface area contributed by atoms with Gasteiger partial charge < -0.3 is 10.2 Å². The Bertz CT molecular complexity index is 468. The first kappa shape index (κ1) is 14.5. The highest BCUT2D eigenvalue weighted by Gasteiger charge is 2.24. The van der Waals surface area contributed by atoms with Crippen molar-refractivity contribution in [3.05, 3.63) is 22.8 Å². The molecule has 2 unspecified atom stereocenters. The molecule has 2 heterocycles. The Labute approximate surface area is 130 Å². The second-order valence-corrected chi connectivity index (χ2v) is 8.20. The minimum atomic E-state index is 0.657. The lowest BCUT2D eigenvalue weighted by Gasteiger charge is -2.35. The fourth-order valence-electron chi connectivity index (χ4n) is 2.67. The van der Waals surface area contributed by atoms with Crippen LogP contribution in [0.15, 0.2) is 12.1 Å². The van der Waals surface area contributed by atoms with E-state index in [2.05, 4.69) is 41.9 Å². The lowest BCUT2D eigenvalue weighted by atomic mass is 10.3. The molecule has 1 aliphatic carbocycles. The highest BCUT2D eigenvalue weighted by atomic mass is 35.5. The summed E-state index contributed by atoms with van der Waals surface area (Å²) in [5.74, 6) is 1.07. The second-order valence-electron chi connectivity index (χ2n) is 5.92. The number of hydrogen-bond acceptors (Lipinski definition) is 4. The van der Waals surface area contributed by atoms with E-state index in [0.717, 1.165) is 36.2 Å². The van der Waals surface area contributed by atoms with Gasteiger partial charge in [-0.1, -0.05) is 25.4 Å². The van der Waals surface area contributed by atoms with Crippen molar-refractivity contribution in [2.24, 2.45) is 0 Å². The molecular weight excluding hydrogens is 290 g/mol. The Balaban J connectivity index is 1.73. The Morgan fingerprint density at radius 1 is 1.30 bits per heavy atom. The van der Waals surface area contributed by atoms with Crippen molar-refractivity contribution in [1.82, 2.24) is 10.3 Å². The Kier molecular flexibility index (Phi) is 4.43. The molecule has 0 radical (unpaired) electrons. The van der Waals surface area contributed by atoms with Crippen molar-refractivity contribution in [1.29, 1.82) is 0 Å². The van der Waals surface area contributed by atoms with E-state index < -0.39 is 0 Å². The van der Waals surface area contributed by atoms with Crippen LogP contribution in [0.2, 0.25) is 5.02 Å². The number of halogens is 1. The standard InChI is InChI=1S/C15H22ClN3S/c1-10-8-19(9-11(2)20-10)15-6-5-13(16)14(18-15)7-17-12-3-4-12/h5-6,10-12,17H,3-4,7-9H2,1-2H3. The first-order chi connectivity index (χ1) is 9.61. The van der Waals surface area contributed by atoms with Gasteiger partial charge in [0.15, 0.2) is 0 Å². The summed E-state index contributed by atoms with van der Waals surface area (Å²) < 4.78 is 0. The first-order valence-electron chi connectivity index (χ1n) is 7.41. The highest BCUT2D eigenvalue weighted by molar-refractivity contribution is 8.00. The topological polar surface area (TPSA) is 28.2 Å². The van der Waals surface area contributed by atoms with Crippen molar-refractivity contribution in [3.63, 3.8) is 0 Å². The minimum absolute atomic E-state index is 0.657. The molecule has 1 saturated carbocycles. The molecule has 2 fully saturated rings. The normalized spacial score (nSPS) is 26.9. The summed E-state index contributed by atoms with van der Waals surface area (Å²) in [5, 5.41) is 5.58. The van der Waals surface area contributed by atoms with Gasteiger partial charge in [0.2, 0.25) is 0 Å². The number of anilines is 1. The monoisotopic (exact) mass is 311 g/mol. The van der Waals surface area contributed by atoms with Gasteiger partial charge in [0.25, 0.3) is 0 Å². The van der Waals surface area contributed by atoms with Gasteiger partial charge in [0.05, 0.1) is 10.7 Å². The second kappa shape index (κ2) is 6.12. The van der Waals surface area contributed by atoms with Crippen molar-refractivity contribution in [2.75, 3.05) is 18.0 Å². The third-order valence-electron chi connectivity index (χ3n) is 3.78. The number of thioether (sulfide) groups is 1. The number of rotatable bonds is 4. The molecule has 1 aromatic rings. The van der Waals surface area contributed by atoms with Gasteiger partial charge >= 0.3 is 0 Å². The zero-order chi connectivity index (χ0) is 14.1. The molecule has 3 rings (SSSR count). The van der Waals surface area contributed by atoms with Gasteiger partial charge in [-0.15, -0.1) is 0 Å². The molecule has 2 atom stereocenters. The lowest BCUT2D eigenvalue weighted by molar-refractivity contribution is 0.668. The molecule has 3 nitrogen and oxygen atoms in total. The molecule has 110 valence electrons. The molecule has 1 aliphatic heterocycles. The summed E-state index contributed by atoms with van der Waals surface area (Å²) in [6, 6.07) is 4.73. The van der Waals surface area contributed by atoms with Crippen LogP contribution in [0.1, 0.15) is 32.4 Å². The predicted molar refractivity (Wildman–Crippen MR) is 87.8 cm³/mol. The molecule has 0 aromatic carbocycles. The Morgan fingerprint density at radius 3 is 2.65 bits per heavy atom. The van der Waals surface area contributed by atoms with E-state index in [-0.39, 0.29) is 0 Å². The quantitative estimate of drug-likeness (QED) is 0.923. The van der Waals surface area contributed by atoms with Crippen LogP contribution in [0, 0.1) is 0 Å². The van der Waals surface area contributed by atoms with Gasteiger partial charge in [-0.2, -0.15) is 11.8 Å². The maximum atomic E-state index is 6.27. The van der Waals surface area contributed by atoms with E-state index in [4.69, 9.17) is 16.6 Å². The summed E-state index contributed by atoms with van der Waals surface area (Å²) in [6.45, 7) is 7.50. The van der Waals surface area contributed by atoms with Gasteiger partial charge in [-0.3, -0.25) is 0 Å². The maximum Gasteiger partial charge on any atom is 0.129 e. The highest BCUT2D eigenvalue weighted by Crippen LogP contribution is 2.29. The average molecular weight is 312 g/mol. The van der Waals surface area contributed by atoms with E-state index in [9.17, 15) is 0 Å². The van der Waals surface area contributed by atoms with Crippen LogP contribution < -0.4 is 10.2 Å². The number of nitrogens with one attached hydrogen (secondary N) is 1. The first-order valence-corrected chi connectivity index (χ1v) is 8.73. The zero-order valence-electron chi connectivity index (χ0n) is 12.1. The van der Waals surface area contributed by atoms with E-state index >= 15 is 0 Å². The van der Waals surface area contributed by atoms with E-state index in [0.29, 0.717) is 16.5 Å². The van der Waals surface area contributed by atoms with E-state index in [1.807, 2.05) is 6.07 Å². The fraction of sp³-hybridized carbons (Fsp3) is 0.667. The van der Waals surface area contributed by atoms with Crippen molar-refractivity contribution >= 4 is 29.2 Å². The van der Waals surface area contributed by atoms with Gasteiger partial charge in [-0.05, 0) is 25.0 Å².